The number of rotatable bonds is 4. The molecule has 2 saturated heterocycles. The lowest BCUT2D eigenvalue weighted by Crippen LogP contribution is -2.59. The fraction of sp³-hybridized carbons (Fsp3) is 0.233. The largest absolute Gasteiger partial charge is 0.462 e. The Morgan fingerprint density at radius 1 is 0.868 bits per heavy atom. The van der Waals surface area contributed by atoms with Crippen molar-refractivity contribution >= 4 is 35.2 Å². The van der Waals surface area contributed by atoms with Gasteiger partial charge in [0.15, 0.2) is 17.1 Å². The van der Waals surface area contributed by atoms with Crippen LogP contribution in [0.2, 0.25) is 0 Å². The zero-order chi connectivity index (χ0) is 26.8. The zero-order valence-corrected chi connectivity index (χ0v) is 20.7. The minimum absolute atomic E-state index is 0.195. The number of carbonyl (C=O) groups is 5. The molecule has 190 valence electrons. The summed E-state index contributed by atoms with van der Waals surface area (Å²) in [4.78, 5) is 68.8. The van der Waals surface area contributed by atoms with Crippen LogP contribution in [0.4, 0.5) is 5.69 Å². The Balaban J connectivity index is 1.61. The maximum atomic E-state index is 14.2. The highest BCUT2D eigenvalue weighted by molar-refractivity contribution is 6.37. The first kappa shape index (κ1) is 23.8. The van der Waals surface area contributed by atoms with E-state index in [-0.39, 0.29) is 17.7 Å². The molecule has 2 heterocycles. The number of ether oxygens (including phenoxy) is 2. The van der Waals surface area contributed by atoms with Crippen LogP contribution in [0.3, 0.4) is 0 Å². The number of anilines is 1. The smallest absolute Gasteiger partial charge is 0.338 e. The Labute approximate surface area is 218 Å². The molecule has 3 aromatic carbocycles. The molecule has 0 amide bonds. The van der Waals surface area contributed by atoms with Crippen LogP contribution in [0.15, 0.2) is 72.8 Å². The second-order valence-corrected chi connectivity index (χ2v) is 9.71. The van der Waals surface area contributed by atoms with Gasteiger partial charge in [-0.1, -0.05) is 54.1 Å². The fourth-order valence-corrected chi connectivity index (χ4v) is 6.14. The van der Waals surface area contributed by atoms with Crippen LogP contribution in [-0.4, -0.2) is 41.6 Å². The molecule has 3 atom stereocenters. The summed E-state index contributed by atoms with van der Waals surface area (Å²) in [5.74, 6) is -5.70. The van der Waals surface area contributed by atoms with E-state index in [1.807, 2.05) is 31.2 Å². The molecular weight excluding hydrogens is 486 g/mol. The molecule has 0 saturated carbocycles. The predicted molar refractivity (Wildman–Crippen MR) is 135 cm³/mol. The number of esters is 3. The van der Waals surface area contributed by atoms with Crippen molar-refractivity contribution in [3.05, 3.63) is 101 Å². The van der Waals surface area contributed by atoms with Gasteiger partial charge in [-0.3, -0.25) is 19.2 Å². The fourth-order valence-electron chi connectivity index (χ4n) is 6.14. The molecule has 0 N–H and O–H groups in total. The molecule has 3 aliphatic rings. The van der Waals surface area contributed by atoms with Gasteiger partial charge in [0.05, 0.1) is 24.1 Å². The highest BCUT2D eigenvalue weighted by atomic mass is 16.6. The van der Waals surface area contributed by atoms with Crippen LogP contribution in [0.1, 0.15) is 55.2 Å². The minimum atomic E-state index is -2.02. The standard InChI is InChI=1S/C30H23NO7/c1-3-37-27(34)18-12-14-19(15-13-18)31-24(17-10-8-16(2)9-11-17)22-23(29(36)38-28(22)35)30(31)25(32)20-6-4-5-7-21(20)26(30)33/h4-15,22-24H,3H2,1-2H3/t22-,23-,24+/m0/s1. The van der Waals surface area contributed by atoms with Crippen LogP contribution in [0, 0.1) is 18.8 Å². The number of aryl methyl sites for hydroxylation is 1. The molecule has 0 radical (unpaired) electrons. The maximum Gasteiger partial charge on any atom is 0.338 e. The summed E-state index contributed by atoms with van der Waals surface area (Å²) in [6.07, 6.45) is 0. The van der Waals surface area contributed by atoms with Gasteiger partial charge in [-0.05, 0) is 43.7 Å². The Bertz CT molecular complexity index is 1490. The van der Waals surface area contributed by atoms with E-state index in [4.69, 9.17) is 9.47 Å². The van der Waals surface area contributed by atoms with Gasteiger partial charge < -0.3 is 14.4 Å². The van der Waals surface area contributed by atoms with E-state index in [0.717, 1.165) is 5.56 Å². The van der Waals surface area contributed by atoms with Crippen LogP contribution in [-0.2, 0) is 19.1 Å². The van der Waals surface area contributed by atoms with E-state index in [1.54, 1.807) is 60.4 Å². The number of nitrogens with zero attached hydrogens (tertiary/aromatic N) is 1. The normalized spacial score (nSPS) is 23.0. The minimum Gasteiger partial charge on any atom is -0.462 e. The number of carbonyl (C=O) groups excluding carboxylic acids is 5. The lowest BCUT2D eigenvalue weighted by Gasteiger charge is -2.39. The maximum absolute atomic E-state index is 14.2. The van der Waals surface area contributed by atoms with Crippen molar-refractivity contribution in [2.24, 2.45) is 11.8 Å². The van der Waals surface area contributed by atoms with Gasteiger partial charge >= 0.3 is 17.9 Å². The zero-order valence-electron chi connectivity index (χ0n) is 20.7. The number of benzene rings is 3. The number of Topliss-reactive ketones (excluding diaryl/α,β-unsaturated/α-hetero) is 2. The molecule has 3 aromatic rings. The number of hydrogen-bond acceptors (Lipinski definition) is 8. The van der Waals surface area contributed by atoms with E-state index in [9.17, 15) is 24.0 Å². The molecule has 1 aliphatic carbocycles. The summed E-state index contributed by atoms with van der Waals surface area (Å²) in [7, 11) is 0. The molecule has 2 fully saturated rings. The van der Waals surface area contributed by atoms with Crippen molar-refractivity contribution in [1.29, 1.82) is 0 Å². The van der Waals surface area contributed by atoms with E-state index >= 15 is 0 Å². The molecule has 2 aliphatic heterocycles. The third-order valence-corrected chi connectivity index (χ3v) is 7.72. The second kappa shape index (κ2) is 8.48. The van der Waals surface area contributed by atoms with Gasteiger partial charge in [-0.15, -0.1) is 0 Å². The third kappa shape index (κ3) is 3.06. The first-order valence-corrected chi connectivity index (χ1v) is 12.4. The summed E-state index contributed by atoms with van der Waals surface area (Å²) >= 11 is 0. The number of ketones is 2. The predicted octanol–water partition coefficient (Wildman–Crippen LogP) is 3.87. The van der Waals surface area contributed by atoms with Crippen molar-refractivity contribution < 1.29 is 33.4 Å². The summed E-state index contributed by atoms with van der Waals surface area (Å²) in [5.41, 5.74) is 0.710. The Hall–Kier alpha value is -4.59. The Kier molecular flexibility index (Phi) is 5.31. The lowest BCUT2D eigenvalue weighted by atomic mass is 9.76. The topological polar surface area (TPSA) is 107 Å². The summed E-state index contributed by atoms with van der Waals surface area (Å²) in [5, 5.41) is 0. The molecule has 0 unspecified atom stereocenters. The van der Waals surface area contributed by atoms with E-state index in [0.29, 0.717) is 16.8 Å². The van der Waals surface area contributed by atoms with E-state index < -0.39 is 52.9 Å². The first-order valence-electron chi connectivity index (χ1n) is 12.4. The number of fused-ring (bicyclic) bond motifs is 3. The van der Waals surface area contributed by atoms with Gasteiger partial charge in [0.1, 0.15) is 5.92 Å². The molecule has 38 heavy (non-hydrogen) atoms. The van der Waals surface area contributed by atoms with Crippen molar-refractivity contribution in [1.82, 2.24) is 0 Å². The average Bonchev–Trinajstić information content (AvgIpc) is 3.48. The van der Waals surface area contributed by atoms with Gasteiger partial charge in [0, 0.05) is 16.8 Å². The molecule has 0 aromatic heterocycles. The molecular formula is C30H23NO7. The molecule has 1 spiro atoms. The number of hydrogen-bond donors (Lipinski definition) is 0. The Morgan fingerprint density at radius 2 is 1.47 bits per heavy atom. The van der Waals surface area contributed by atoms with Gasteiger partial charge in [-0.2, -0.15) is 0 Å². The van der Waals surface area contributed by atoms with Crippen LogP contribution in [0.25, 0.3) is 0 Å². The third-order valence-electron chi connectivity index (χ3n) is 7.72. The first-order chi connectivity index (χ1) is 18.3. The quantitative estimate of drug-likeness (QED) is 0.386. The van der Waals surface area contributed by atoms with Crippen molar-refractivity contribution in [2.45, 2.75) is 25.4 Å². The van der Waals surface area contributed by atoms with Crippen molar-refractivity contribution in [3.63, 3.8) is 0 Å². The molecule has 8 heteroatoms. The van der Waals surface area contributed by atoms with Gasteiger partial charge in [0.25, 0.3) is 0 Å². The number of cyclic esters (lactones) is 2. The monoisotopic (exact) mass is 509 g/mol. The van der Waals surface area contributed by atoms with E-state index in [2.05, 4.69) is 0 Å². The molecule has 6 rings (SSSR count). The average molecular weight is 510 g/mol. The summed E-state index contributed by atoms with van der Waals surface area (Å²) < 4.78 is 10.2. The lowest BCUT2D eigenvalue weighted by molar-refractivity contribution is -0.154. The van der Waals surface area contributed by atoms with Crippen molar-refractivity contribution in [2.75, 3.05) is 11.5 Å². The van der Waals surface area contributed by atoms with Crippen LogP contribution >= 0.6 is 0 Å². The van der Waals surface area contributed by atoms with Gasteiger partial charge in [0.2, 0.25) is 0 Å². The molecule has 0 bridgehead atoms. The van der Waals surface area contributed by atoms with Crippen molar-refractivity contribution in [3.8, 4) is 0 Å². The molecule has 8 nitrogen and oxygen atoms in total. The Morgan fingerprint density at radius 3 is 2.05 bits per heavy atom. The van der Waals surface area contributed by atoms with Crippen LogP contribution < -0.4 is 4.90 Å². The summed E-state index contributed by atoms with van der Waals surface area (Å²) in [6, 6.07) is 19.3. The second-order valence-electron chi connectivity index (χ2n) is 9.71. The highest BCUT2D eigenvalue weighted by Crippen LogP contribution is 2.59. The SMILES string of the molecule is CCOC(=O)c1ccc(N2[C@H](c3ccc(C)cc3)[C@H]3C(=O)OC(=O)[C@H]3C23C(=O)c2ccccc2C3=O)cc1. The van der Waals surface area contributed by atoms with E-state index in [1.165, 1.54) is 0 Å². The van der Waals surface area contributed by atoms with Crippen LogP contribution in [0.5, 0.6) is 0 Å². The summed E-state index contributed by atoms with van der Waals surface area (Å²) in [6.45, 7) is 3.83. The highest BCUT2D eigenvalue weighted by Gasteiger charge is 2.76. The van der Waals surface area contributed by atoms with Gasteiger partial charge in [-0.25, -0.2) is 4.79 Å².